The number of rotatable bonds is 9. The SMILES string of the molecule is NC(=O)C(N)(CCC(=O)N1CCN(c2cc(Cl)cc(Cl)c2)CC1)CC(=O)NCCO. The van der Waals surface area contributed by atoms with E-state index in [1.165, 1.54) is 0 Å². The Hall–Kier alpha value is -2.07. The average molecular weight is 460 g/mol. The minimum absolute atomic E-state index is 0.00425. The molecule has 0 radical (unpaired) electrons. The quantitative estimate of drug-likeness (QED) is 0.412. The third-order valence-electron chi connectivity index (χ3n) is 5.03. The smallest absolute Gasteiger partial charge is 0.238 e. The number of hydrogen-bond donors (Lipinski definition) is 4. The number of halogens is 2. The molecule has 1 fully saturated rings. The number of nitrogens with zero attached hydrogens (tertiary/aromatic N) is 2. The maximum Gasteiger partial charge on any atom is 0.238 e. The van der Waals surface area contributed by atoms with Crippen molar-refractivity contribution in [2.24, 2.45) is 11.5 Å². The first-order valence-electron chi connectivity index (χ1n) is 9.60. The molecule has 30 heavy (non-hydrogen) atoms. The van der Waals surface area contributed by atoms with Gasteiger partial charge in [-0.2, -0.15) is 0 Å². The van der Waals surface area contributed by atoms with Crippen molar-refractivity contribution in [1.29, 1.82) is 0 Å². The van der Waals surface area contributed by atoms with E-state index < -0.39 is 17.4 Å². The van der Waals surface area contributed by atoms with Gasteiger partial charge in [-0.25, -0.2) is 0 Å². The molecule has 9 nitrogen and oxygen atoms in total. The van der Waals surface area contributed by atoms with E-state index in [2.05, 4.69) is 10.2 Å². The molecular formula is C19H27Cl2N5O4. The number of anilines is 1. The molecule has 1 atom stereocenters. The second kappa shape index (κ2) is 10.8. The van der Waals surface area contributed by atoms with Gasteiger partial charge in [-0.1, -0.05) is 23.2 Å². The minimum Gasteiger partial charge on any atom is -0.395 e. The summed E-state index contributed by atoms with van der Waals surface area (Å²) in [5.74, 6) is -1.52. The highest BCUT2D eigenvalue weighted by Crippen LogP contribution is 2.26. The van der Waals surface area contributed by atoms with Crippen molar-refractivity contribution < 1.29 is 19.5 Å². The minimum atomic E-state index is -1.63. The highest BCUT2D eigenvalue weighted by molar-refractivity contribution is 6.35. The second-order valence-corrected chi connectivity index (χ2v) is 8.14. The Kier molecular flexibility index (Phi) is 8.72. The molecule has 1 saturated heterocycles. The Morgan fingerprint density at radius 1 is 1.10 bits per heavy atom. The number of aliphatic hydroxyl groups excluding tert-OH is 1. The van der Waals surface area contributed by atoms with E-state index in [9.17, 15) is 14.4 Å². The van der Waals surface area contributed by atoms with Crippen LogP contribution in [0.3, 0.4) is 0 Å². The van der Waals surface area contributed by atoms with Gasteiger partial charge in [0.25, 0.3) is 0 Å². The van der Waals surface area contributed by atoms with Crippen LogP contribution in [0.25, 0.3) is 0 Å². The number of nitrogens with one attached hydrogen (secondary N) is 1. The molecule has 0 saturated carbocycles. The zero-order chi connectivity index (χ0) is 22.3. The molecule has 0 aromatic heterocycles. The van der Waals surface area contributed by atoms with Crippen LogP contribution >= 0.6 is 23.2 Å². The van der Waals surface area contributed by atoms with Gasteiger partial charge < -0.3 is 31.7 Å². The van der Waals surface area contributed by atoms with Crippen molar-refractivity contribution in [3.63, 3.8) is 0 Å². The average Bonchev–Trinajstić information content (AvgIpc) is 2.69. The zero-order valence-corrected chi connectivity index (χ0v) is 18.1. The molecule has 1 aliphatic rings. The first kappa shape index (κ1) is 24.2. The largest absolute Gasteiger partial charge is 0.395 e. The van der Waals surface area contributed by atoms with Gasteiger partial charge >= 0.3 is 0 Å². The highest BCUT2D eigenvalue weighted by atomic mass is 35.5. The Balaban J connectivity index is 1.88. The summed E-state index contributed by atoms with van der Waals surface area (Å²) >= 11 is 12.1. The Morgan fingerprint density at radius 3 is 2.23 bits per heavy atom. The topological polar surface area (TPSA) is 142 Å². The maximum atomic E-state index is 12.6. The maximum absolute atomic E-state index is 12.6. The standard InChI is InChI=1S/C19H27Cl2N5O4/c20-13-9-14(21)11-15(10-13)25-4-6-26(7-5-25)17(29)1-2-19(23,18(22)30)12-16(28)24-3-8-27/h9-11,27H,1-8,12,23H2,(H2,22,30)(H,24,28). The summed E-state index contributed by atoms with van der Waals surface area (Å²) in [4.78, 5) is 40.0. The van der Waals surface area contributed by atoms with Crippen LogP contribution in [0.4, 0.5) is 5.69 Å². The van der Waals surface area contributed by atoms with Crippen molar-refractivity contribution in [1.82, 2.24) is 10.2 Å². The van der Waals surface area contributed by atoms with Crippen LogP contribution in [0.1, 0.15) is 19.3 Å². The summed E-state index contributed by atoms with van der Waals surface area (Å²) in [6.07, 6.45) is -0.396. The van der Waals surface area contributed by atoms with Gasteiger partial charge in [0.1, 0.15) is 5.54 Å². The molecule has 1 unspecified atom stereocenters. The fourth-order valence-corrected chi connectivity index (χ4v) is 3.78. The van der Waals surface area contributed by atoms with E-state index >= 15 is 0 Å². The molecule has 0 bridgehead atoms. The second-order valence-electron chi connectivity index (χ2n) is 7.27. The zero-order valence-electron chi connectivity index (χ0n) is 16.6. The number of carbonyl (C=O) groups is 3. The number of primary amides is 1. The molecule has 1 aromatic carbocycles. The number of piperazine rings is 1. The van der Waals surface area contributed by atoms with Crippen molar-refractivity contribution in [3.05, 3.63) is 28.2 Å². The number of carbonyl (C=O) groups excluding carboxylic acids is 3. The lowest BCUT2D eigenvalue weighted by atomic mass is 9.89. The molecule has 0 spiro atoms. The van der Waals surface area contributed by atoms with Gasteiger partial charge in [-0.15, -0.1) is 0 Å². The molecule has 2 rings (SSSR count). The Labute approximate surface area is 185 Å². The van der Waals surface area contributed by atoms with Crippen LogP contribution in [0.5, 0.6) is 0 Å². The summed E-state index contributed by atoms with van der Waals surface area (Å²) in [5, 5.41) is 12.3. The number of benzene rings is 1. The van der Waals surface area contributed by atoms with Crippen molar-refractivity contribution in [3.8, 4) is 0 Å². The summed E-state index contributed by atoms with van der Waals surface area (Å²) in [7, 11) is 0. The third-order valence-corrected chi connectivity index (χ3v) is 5.47. The van der Waals surface area contributed by atoms with Crippen LogP contribution in [0.2, 0.25) is 10.0 Å². The first-order chi connectivity index (χ1) is 14.1. The van der Waals surface area contributed by atoms with E-state index in [4.69, 9.17) is 39.8 Å². The van der Waals surface area contributed by atoms with E-state index in [0.29, 0.717) is 36.2 Å². The first-order valence-corrected chi connectivity index (χ1v) is 10.4. The number of hydrogen-bond acceptors (Lipinski definition) is 6. The monoisotopic (exact) mass is 459 g/mol. The third kappa shape index (κ3) is 6.73. The van der Waals surface area contributed by atoms with Gasteiger partial charge in [0.2, 0.25) is 17.7 Å². The summed E-state index contributed by atoms with van der Waals surface area (Å²) in [6, 6.07) is 5.30. The van der Waals surface area contributed by atoms with Crippen molar-refractivity contribution in [2.75, 3.05) is 44.2 Å². The van der Waals surface area contributed by atoms with E-state index in [-0.39, 0.29) is 38.3 Å². The predicted octanol–water partition coefficient (Wildman–Crippen LogP) is 0.104. The van der Waals surface area contributed by atoms with E-state index in [1.807, 2.05) is 12.1 Å². The number of amides is 3. The lowest BCUT2D eigenvalue weighted by Gasteiger charge is -2.36. The Morgan fingerprint density at radius 2 is 1.70 bits per heavy atom. The molecule has 1 heterocycles. The van der Waals surface area contributed by atoms with E-state index in [0.717, 1.165) is 5.69 Å². The summed E-state index contributed by atoms with van der Waals surface area (Å²) in [5.41, 5.74) is 10.7. The molecule has 1 aliphatic heterocycles. The molecule has 6 N–H and O–H groups in total. The van der Waals surface area contributed by atoms with Gasteiger partial charge in [-0.05, 0) is 24.6 Å². The molecule has 0 aliphatic carbocycles. The fourth-order valence-electron chi connectivity index (χ4n) is 3.27. The van der Waals surface area contributed by atoms with Crippen LogP contribution in [-0.2, 0) is 14.4 Å². The number of aliphatic hydroxyl groups is 1. The highest BCUT2D eigenvalue weighted by Gasteiger charge is 2.35. The lowest BCUT2D eigenvalue weighted by Crippen LogP contribution is -2.55. The van der Waals surface area contributed by atoms with Gasteiger partial charge in [0.15, 0.2) is 0 Å². The van der Waals surface area contributed by atoms with Crippen LogP contribution < -0.4 is 21.7 Å². The van der Waals surface area contributed by atoms with Crippen LogP contribution in [-0.4, -0.2) is 72.6 Å². The Bertz CT molecular complexity index is 766. The van der Waals surface area contributed by atoms with Crippen molar-refractivity contribution >= 4 is 46.6 Å². The molecule has 166 valence electrons. The number of nitrogens with two attached hydrogens (primary N) is 2. The lowest BCUT2D eigenvalue weighted by molar-refractivity contribution is -0.134. The molecular weight excluding hydrogens is 433 g/mol. The fraction of sp³-hybridized carbons (Fsp3) is 0.526. The van der Waals surface area contributed by atoms with Crippen LogP contribution in [0.15, 0.2) is 18.2 Å². The van der Waals surface area contributed by atoms with Gasteiger partial charge in [0, 0.05) is 54.9 Å². The molecule has 3 amide bonds. The molecule has 1 aromatic rings. The van der Waals surface area contributed by atoms with Gasteiger partial charge in [-0.3, -0.25) is 14.4 Å². The van der Waals surface area contributed by atoms with E-state index in [1.54, 1.807) is 11.0 Å². The van der Waals surface area contributed by atoms with Gasteiger partial charge in [0.05, 0.1) is 13.0 Å². The summed E-state index contributed by atoms with van der Waals surface area (Å²) in [6.45, 7) is 2.02. The van der Waals surface area contributed by atoms with Crippen LogP contribution in [0, 0.1) is 0 Å². The predicted molar refractivity (Wildman–Crippen MR) is 115 cm³/mol. The summed E-state index contributed by atoms with van der Waals surface area (Å²) < 4.78 is 0. The van der Waals surface area contributed by atoms with Crippen molar-refractivity contribution in [2.45, 2.75) is 24.8 Å². The normalized spacial score (nSPS) is 16.1. The molecule has 11 heteroatoms.